The molecule has 252 valence electrons. The van der Waals surface area contributed by atoms with E-state index >= 15 is 0 Å². The van der Waals surface area contributed by atoms with Crippen molar-refractivity contribution >= 4 is 52.6 Å². The normalized spacial score (nSPS) is 11.5. The highest BCUT2D eigenvalue weighted by atomic mass is 32.2. The fourth-order valence-electron chi connectivity index (χ4n) is 4.77. The smallest absolute Gasteiger partial charge is 0.272 e. The molecule has 1 unspecified atom stereocenters. The predicted octanol–water partition coefficient (Wildman–Crippen LogP) is 7.49. The van der Waals surface area contributed by atoms with Crippen LogP contribution in [0.1, 0.15) is 26.7 Å². The van der Waals surface area contributed by atoms with Crippen LogP contribution >= 0.6 is 11.8 Å². The Kier molecular flexibility index (Phi) is 11.6. The monoisotopic (exact) mass is 688 g/mol. The molecule has 12 heteroatoms. The highest BCUT2D eigenvalue weighted by molar-refractivity contribution is 8.00. The van der Waals surface area contributed by atoms with Crippen molar-refractivity contribution in [3.63, 3.8) is 0 Å². The lowest BCUT2D eigenvalue weighted by Crippen LogP contribution is -2.30. The van der Waals surface area contributed by atoms with Crippen molar-refractivity contribution in [2.75, 3.05) is 24.9 Å². The molecule has 5 rings (SSSR count). The molecule has 0 fully saturated rings. The van der Waals surface area contributed by atoms with Gasteiger partial charge in [0.2, 0.25) is 5.91 Å². The van der Waals surface area contributed by atoms with E-state index in [1.165, 1.54) is 56.3 Å². The Morgan fingerprint density at radius 1 is 0.740 bits per heavy atom. The number of hydrogen-bond donors (Lipinski definition) is 3. The van der Waals surface area contributed by atoms with Crippen molar-refractivity contribution < 1.29 is 28.8 Å². The number of carbonyl (C=O) groups excluding carboxylic acids is 3. The van der Waals surface area contributed by atoms with E-state index in [2.05, 4.69) is 16.0 Å². The molecule has 0 bridgehead atoms. The second kappa shape index (κ2) is 16.6. The number of carbonyl (C=O) groups is 3. The van der Waals surface area contributed by atoms with Gasteiger partial charge in [-0.2, -0.15) is 0 Å². The van der Waals surface area contributed by atoms with E-state index < -0.39 is 22.0 Å². The quantitative estimate of drug-likeness (QED) is 0.0499. The van der Waals surface area contributed by atoms with Crippen LogP contribution in [0.4, 0.5) is 17.1 Å². The highest BCUT2D eigenvalue weighted by Gasteiger charge is 2.23. The molecule has 1 atom stereocenters. The van der Waals surface area contributed by atoms with Gasteiger partial charge < -0.3 is 25.4 Å². The molecular formula is C38H32N4O7S. The summed E-state index contributed by atoms with van der Waals surface area (Å²) >= 11 is 1.29. The molecule has 0 saturated heterocycles. The minimum atomic E-state index is -0.679. The molecule has 5 aromatic carbocycles. The molecule has 5 aromatic rings. The average Bonchev–Trinajstić information content (AvgIpc) is 3.14. The Balaban J connectivity index is 1.39. The number of non-ortho nitro benzene ring substituents is 1. The lowest BCUT2D eigenvalue weighted by Gasteiger charge is -2.18. The number of hydrogen-bond acceptors (Lipinski definition) is 8. The van der Waals surface area contributed by atoms with Gasteiger partial charge in [-0.05, 0) is 59.7 Å². The van der Waals surface area contributed by atoms with Gasteiger partial charge in [-0.1, -0.05) is 54.6 Å². The standard InChI is InChI=1S/C38H32N4O7S/c1-48-31-21-29(22-32(24-31)49-2)40-38(45)35(26-10-5-3-6-11-26)50-33-15-9-14-28(23-33)39-37(44)34(41-36(43)27-12-7-4-8-13-27)20-25-16-18-30(19-17-25)42(46)47/h3-24,35H,1-2H3,(H,39,44)(H,40,45)(H,41,43)/b34-20+. The van der Waals surface area contributed by atoms with Crippen LogP contribution in [0.3, 0.4) is 0 Å². The zero-order chi connectivity index (χ0) is 35.5. The van der Waals surface area contributed by atoms with Gasteiger partial charge in [0, 0.05) is 52.2 Å². The molecule has 3 N–H and O–H groups in total. The first-order chi connectivity index (χ1) is 24.2. The Bertz CT molecular complexity index is 2000. The first-order valence-corrected chi connectivity index (χ1v) is 16.1. The maximum Gasteiger partial charge on any atom is 0.272 e. The Hall–Kier alpha value is -6.40. The first kappa shape index (κ1) is 34.9. The van der Waals surface area contributed by atoms with Crippen LogP contribution in [-0.2, 0) is 9.59 Å². The number of ether oxygens (including phenoxy) is 2. The minimum Gasteiger partial charge on any atom is -0.497 e. The second-order valence-corrected chi connectivity index (χ2v) is 11.9. The summed E-state index contributed by atoms with van der Waals surface area (Å²) in [6.45, 7) is 0. The third-order valence-corrected chi connectivity index (χ3v) is 8.50. The molecule has 0 heterocycles. The average molecular weight is 689 g/mol. The van der Waals surface area contributed by atoms with Gasteiger partial charge in [0.15, 0.2) is 0 Å². The van der Waals surface area contributed by atoms with Crippen molar-refractivity contribution in [1.29, 1.82) is 0 Å². The molecule has 11 nitrogen and oxygen atoms in total. The molecular weight excluding hydrogens is 657 g/mol. The number of anilines is 2. The van der Waals surface area contributed by atoms with Crippen LogP contribution in [0.5, 0.6) is 11.5 Å². The summed E-state index contributed by atoms with van der Waals surface area (Å²) in [5.41, 5.74) is 2.28. The Morgan fingerprint density at radius 2 is 1.38 bits per heavy atom. The van der Waals surface area contributed by atoms with Gasteiger partial charge in [-0.15, -0.1) is 11.8 Å². The number of nitrogens with zero attached hydrogens (tertiary/aromatic N) is 1. The summed E-state index contributed by atoms with van der Waals surface area (Å²) in [6.07, 6.45) is 1.43. The maximum atomic E-state index is 13.8. The van der Waals surface area contributed by atoms with Crippen molar-refractivity contribution in [3.05, 3.63) is 160 Å². The lowest BCUT2D eigenvalue weighted by atomic mass is 10.1. The summed E-state index contributed by atoms with van der Waals surface area (Å²) in [5, 5.41) is 18.9. The summed E-state index contributed by atoms with van der Waals surface area (Å²) in [6, 6.07) is 35.3. The summed E-state index contributed by atoms with van der Waals surface area (Å²) in [4.78, 5) is 51.7. The topological polar surface area (TPSA) is 149 Å². The molecule has 0 aliphatic heterocycles. The summed E-state index contributed by atoms with van der Waals surface area (Å²) < 4.78 is 10.7. The van der Waals surface area contributed by atoms with Crippen molar-refractivity contribution in [2.24, 2.45) is 0 Å². The molecule has 50 heavy (non-hydrogen) atoms. The van der Waals surface area contributed by atoms with E-state index in [0.29, 0.717) is 38.9 Å². The second-order valence-electron chi connectivity index (χ2n) is 10.7. The van der Waals surface area contributed by atoms with Crippen molar-refractivity contribution in [1.82, 2.24) is 5.32 Å². The zero-order valence-corrected chi connectivity index (χ0v) is 27.8. The number of nitro benzene ring substituents is 1. The zero-order valence-electron chi connectivity index (χ0n) is 27.0. The highest BCUT2D eigenvalue weighted by Crippen LogP contribution is 2.38. The third kappa shape index (κ3) is 9.36. The molecule has 3 amide bonds. The summed E-state index contributed by atoms with van der Waals surface area (Å²) in [5.74, 6) is -0.381. The molecule has 0 aliphatic rings. The minimum absolute atomic E-state index is 0.0824. The Morgan fingerprint density at radius 3 is 2.00 bits per heavy atom. The molecule has 0 aliphatic carbocycles. The van der Waals surface area contributed by atoms with Gasteiger partial charge >= 0.3 is 0 Å². The Labute approximate surface area is 292 Å². The molecule has 0 spiro atoms. The van der Waals surface area contributed by atoms with Crippen LogP contribution in [0.25, 0.3) is 6.08 Å². The number of benzene rings is 5. The fourth-order valence-corrected chi connectivity index (χ4v) is 5.85. The fraction of sp³-hybridized carbons (Fsp3) is 0.0789. The number of rotatable bonds is 13. The van der Waals surface area contributed by atoms with E-state index in [1.54, 1.807) is 66.7 Å². The SMILES string of the molecule is COc1cc(NC(=O)C(Sc2cccc(NC(=O)/C(=C\c3ccc([N+](=O)[O-])cc3)NC(=O)c3ccccc3)c2)c2ccccc2)cc(OC)c1. The molecule has 0 radical (unpaired) electrons. The van der Waals surface area contributed by atoms with E-state index in [4.69, 9.17) is 9.47 Å². The molecule has 0 saturated carbocycles. The van der Waals surface area contributed by atoms with E-state index in [1.807, 2.05) is 36.4 Å². The van der Waals surface area contributed by atoms with Crippen molar-refractivity contribution in [2.45, 2.75) is 10.1 Å². The van der Waals surface area contributed by atoms with Crippen LogP contribution in [0.15, 0.2) is 138 Å². The maximum absolute atomic E-state index is 13.8. The summed E-state index contributed by atoms with van der Waals surface area (Å²) in [7, 11) is 3.06. The number of thioether (sulfide) groups is 1. The number of amides is 3. The van der Waals surface area contributed by atoms with Crippen LogP contribution in [0, 0.1) is 10.1 Å². The predicted molar refractivity (Wildman–Crippen MR) is 193 cm³/mol. The van der Waals surface area contributed by atoms with Gasteiger partial charge in [-0.3, -0.25) is 24.5 Å². The number of nitro groups is 1. The van der Waals surface area contributed by atoms with E-state index in [0.717, 1.165) is 5.56 Å². The third-order valence-electron chi connectivity index (χ3n) is 7.25. The largest absolute Gasteiger partial charge is 0.497 e. The number of nitrogens with one attached hydrogen (secondary N) is 3. The van der Waals surface area contributed by atoms with Crippen LogP contribution in [-0.4, -0.2) is 36.9 Å². The van der Waals surface area contributed by atoms with Crippen LogP contribution < -0.4 is 25.4 Å². The first-order valence-electron chi connectivity index (χ1n) is 15.2. The van der Waals surface area contributed by atoms with Crippen molar-refractivity contribution in [3.8, 4) is 11.5 Å². The van der Waals surface area contributed by atoms with Gasteiger partial charge in [0.25, 0.3) is 17.5 Å². The van der Waals surface area contributed by atoms with Gasteiger partial charge in [0.05, 0.1) is 19.1 Å². The van der Waals surface area contributed by atoms with Gasteiger partial charge in [0.1, 0.15) is 22.4 Å². The van der Waals surface area contributed by atoms with Crippen LogP contribution in [0.2, 0.25) is 0 Å². The van der Waals surface area contributed by atoms with E-state index in [9.17, 15) is 24.5 Å². The van der Waals surface area contributed by atoms with E-state index in [-0.39, 0.29) is 17.3 Å². The van der Waals surface area contributed by atoms with Gasteiger partial charge in [-0.25, -0.2) is 0 Å². The number of methoxy groups -OCH3 is 2. The molecule has 0 aromatic heterocycles. The lowest BCUT2D eigenvalue weighted by molar-refractivity contribution is -0.384.